The Balaban J connectivity index is 1.80. The van der Waals surface area contributed by atoms with Crippen molar-refractivity contribution in [3.8, 4) is 5.75 Å². The smallest absolute Gasteiger partial charge is 0.336 e. The number of fused-ring (bicyclic) bond motifs is 1. The lowest BCUT2D eigenvalue weighted by molar-refractivity contribution is -0.122. The lowest BCUT2D eigenvalue weighted by atomic mass is 10.00. The highest BCUT2D eigenvalue weighted by molar-refractivity contribution is 5.94. The highest BCUT2D eigenvalue weighted by atomic mass is 16.5. The van der Waals surface area contributed by atoms with Crippen LogP contribution in [0, 0.1) is 0 Å². The largest absolute Gasteiger partial charge is 0.481 e. The van der Waals surface area contributed by atoms with Crippen LogP contribution in [-0.2, 0) is 4.79 Å². The topological polar surface area (TPSA) is 68.5 Å². The molecule has 1 amide bonds. The van der Waals surface area contributed by atoms with Crippen molar-refractivity contribution in [3.05, 3.63) is 70.6 Å². The predicted octanol–water partition coefficient (Wildman–Crippen LogP) is 4.32. The van der Waals surface area contributed by atoms with E-state index in [9.17, 15) is 9.59 Å². The van der Waals surface area contributed by atoms with E-state index in [1.807, 2.05) is 50.2 Å². The number of amides is 1. The van der Waals surface area contributed by atoms with Crippen molar-refractivity contribution in [2.24, 2.45) is 0 Å². The molecule has 1 heterocycles. The highest BCUT2D eigenvalue weighted by Gasteiger charge is 2.16. The van der Waals surface area contributed by atoms with Crippen LogP contribution < -0.4 is 15.7 Å². The second kappa shape index (κ2) is 7.44. The zero-order valence-electron chi connectivity index (χ0n) is 15.0. The quantitative estimate of drug-likeness (QED) is 0.695. The van der Waals surface area contributed by atoms with Gasteiger partial charge < -0.3 is 14.5 Å². The maximum absolute atomic E-state index is 12.3. The molecule has 2 aromatic carbocycles. The third kappa shape index (κ3) is 3.94. The average molecular weight is 351 g/mol. The molecule has 0 radical (unpaired) electrons. The van der Waals surface area contributed by atoms with Gasteiger partial charge in [-0.15, -0.1) is 0 Å². The molecular formula is C21H21NO4. The summed E-state index contributed by atoms with van der Waals surface area (Å²) in [6.45, 7) is 5.71. The number of benzene rings is 2. The molecule has 0 aliphatic rings. The van der Waals surface area contributed by atoms with Crippen LogP contribution in [0.3, 0.4) is 0 Å². The normalized spacial score (nSPS) is 12.2. The molecule has 5 heteroatoms. The summed E-state index contributed by atoms with van der Waals surface area (Å²) in [5, 5.41) is 3.66. The first-order valence-corrected chi connectivity index (χ1v) is 8.54. The van der Waals surface area contributed by atoms with Crippen LogP contribution >= 0.6 is 0 Å². The molecule has 1 atom stereocenters. The van der Waals surface area contributed by atoms with Gasteiger partial charge in [0.15, 0.2) is 6.10 Å². The highest BCUT2D eigenvalue weighted by Crippen LogP contribution is 2.27. The molecule has 0 spiro atoms. The van der Waals surface area contributed by atoms with Gasteiger partial charge in [0.25, 0.3) is 5.91 Å². The van der Waals surface area contributed by atoms with E-state index in [0.717, 1.165) is 10.9 Å². The molecule has 3 aromatic rings. The lowest BCUT2D eigenvalue weighted by Gasteiger charge is -2.15. The van der Waals surface area contributed by atoms with Gasteiger partial charge in [-0.2, -0.15) is 0 Å². The van der Waals surface area contributed by atoms with Gasteiger partial charge in [0.2, 0.25) is 0 Å². The molecule has 1 unspecified atom stereocenters. The van der Waals surface area contributed by atoms with Crippen LogP contribution in [0.15, 0.2) is 63.8 Å². The number of carbonyl (C=O) groups is 1. The summed E-state index contributed by atoms with van der Waals surface area (Å²) < 4.78 is 11.0. The maximum Gasteiger partial charge on any atom is 0.336 e. The van der Waals surface area contributed by atoms with Gasteiger partial charge in [-0.1, -0.05) is 32.0 Å². The summed E-state index contributed by atoms with van der Waals surface area (Å²) in [7, 11) is 0. The Morgan fingerprint density at radius 3 is 2.46 bits per heavy atom. The van der Waals surface area contributed by atoms with Crippen LogP contribution in [0.4, 0.5) is 5.69 Å². The monoisotopic (exact) mass is 351 g/mol. The van der Waals surface area contributed by atoms with Crippen molar-refractivity contribution in [3.63, 3.8) is 0 Å². The summed E-state index contributed by atoms with van der Waals surface area (Å²) in [6.07, 6.45) is -0.701. The van der Waals surface area contributed by atoms with Gasteiger partial charge in [-0.3, -0.25) is 4.79 Å². The number of rotatable bonds is 5. The molecule has 0 saturated heterocycles. The average Bonchev–Trinajstić information content (AvgIpc) is 2.61. The van der Waals surface area contributed by atoms with Crippen molar-refractivity contribution in [1.29, 1.82) is 0 Å². The number of ether oxygens (including phenoxy) is 1. The molecule has 0 aliphatic carbocycles. The minimum atomic E-state index is -0.701. The summed E-state index contributed by atoms with van der Waals surface area (Å²) in [6, 6.07) is 16.0. The SMILES string of the molecule is CC(Oc1ccc2c(C(C)C)cc(=O)oc2c1)C(=O)Nc1ccccc1. The second-order valence-electron chi connectivity index (χ2n) is 6.45. The Morgan fingerprint density at radius 1 is 1.04 bits per heavy atom. The maximum atomic E-state index is 12.3. The molecule has 26 heavy (non-hydrogen) atoms. The molecule has 134 valence electrons. The third-order valence-corrected chi connectivity index (χ3v) is 4.09. The van der Waals surface area contributed by atoms with E-state index < -0.39 is 11.7 Å². The molecule has 1 N–H and O–H groups in total. The lowest BCUT2D eigenvalue weighted by Crippen LogP contribution is -2.30. The van der Waals surface area contributed by atoms with Crippen molar-refractivity contribution < 1.29 is 13.9 Å². The number of nitrogens with one attached hydrogen (secondary N) is 1. The van der Waals surface area contributed by atoms with Crippen LogP contribution in [0.1, 0.15) is 32.3 Å². The Labute approximate surface area is 151 Å². The number of hydrogen-bond donors (Lipinski definition) is 1. The van der Waals surface area contributed by atoms with Crippen LogP contribution in [0.2, 0.25) is 0 Å². The van der Waals surface area contributed by atoms with Crippen LogP contribution in [0.5, 0.6) is 5.75 Å². The Kier molecular flexibility index (Phi) is 5.07. The second-order valence-corrected chi connectivity index (χ2v) is 6.45. The zero-order valence-corrected chi connectivity index (χ0v) is 15.0. The van der Waals surface area contributed by atoms with Crippen molar-refractivity contribution in [2.45, 2.75) is 32.8 Å². The number of anilines is 1. The van der Waals surface area contributed by atoms with Gasteiger partial charge in [-0.05, 0) is 42.7 Å². The first kappa shape index (κ1) is 17.7. The molecule has 0 aliphatic heterocycles. The van der Waals surface area contributed by atoms with Gasteiger partial charge in [0, 0.05) is 23.2 Å². The first-order valence-electron chi connectivity index (χ1n) is 8.54. The van der Waals surface area contributed by atoms with E-state index in [4.69, 9.17) is 9.15 Å². The van der Waals surface area contributed by atoms with E-state index >= 15 is 0 Å². The van der Waals surface area contributed by atoms with Crippen LogP contribution in [-0.4, -0.2) is 12.0 Å². The molecule has 1 aromatic heterocycles. The first-order chi connectivity index (χ1) is 12.4. The molecule has 3 rings (SSSR count). The van der Waals surface area contributed by atoms with Crippen molar-refractivity contribution >= 4 is 22.6 Å². The van der Waals surface area contributed by atoms with Crippen molar-refractivity contribution in [2.75, 3.05) is 5.32 Å². The fraction of sp³-hybridized carbons (Fsp3) is 0.238. The van der Waals surface area contributed by atoms with Crippen molar-refractivity contribution in [1.82, 2.24) is 0 Å². The van der Waals surface area contributed by atoms with E-state index in [1.165, 1.54) is 6.07 Å². The summed E-state index contributed by atoms with van der Waals surface area (Å²) in [4.78, 5) is 24.1. The molecule has 0 saturated carbocycles. The number of para-hydroxylation sites is 1. The predicted molar refractivity (Wildman–Crippen MR) is 102 cm³/mol. The van der Waals surface area contributed by atoms with E-state index in [1.54, 1.807) is 19.1 Å². The van der Waals surface area contributed by atoms with Gasteiger partial charge in [-0.25, -0.2) is 4.79 Å². The standard InChI is InChI=1S/C21H21NO4/c1-13(2)18-12-20(23)26-19-11-16(9-10-17(18)19)25-14(3)21(24)22-15-7-5-4-6-8-15/h4-14H,1-3H3,(H,22,24). The molecule has 0 bridgehead atoms. The molecule has 0 fully saturated rings. The van der Waals surface area contributed by atoms with E-state index in [2.05, 4.69) is 5.32 Å². The number of carbonyl (C=O) groups excluding carboxylic acids is 1. The summed E-state index contributed by atoms with van der Waals surface area (Å²) >= 11 is 0. The van der Waals surface area contributed by atoms with Crippen LogP contribution in [0.25, 0.3) is 11.0 Å². The minimum absolute atomic E-state index is 0.198. The fourth-order valence-electron chi connectivity index (χ4n) is 2.74. The Morgan fingerprint density at radius 2 is 1.77 bits per heavy atom. The third-order valence-electron chi connectivity index (χ3n) is 4.09. The van der Waals surface area contributed by atoms with E-state index in [0.29, 0.717) is 17.0 Å². The summed E-state index contributed by atoms with van der Waals surface area (Å²) in [5.41, 5.74) is 1.69. The summed E-state index contributed by atoms with van der Waals surface area (Å²) in [5.74, 6) is 0.412. The Hall–Kier alpha value is -3.08. The Bertz CT molecular complexity index is 976. The number of hydrogen-bond acceptors (Lipinski definition) is 4. The molecular weight excluding hydrogens is 330 g/mol. The molecule has 5 nitrogen and oxygen atoms in total. The van der Waals surface area contributed by atoms with Gasteiger partial charge in [0.1, 0.15) is 11.3 Å². The van der Waals surface area contributed by atoms with Gasteiger partial charge in [0.05, 0.1) is 0 Å². The fourth-order valence-corrected chi connectivity index (χ4v) is 2.74. The van der Waals surface area contributed by atoms with Gasteiger partial charge >= 0.3 is 5.63 Å². The van der Waals surface area contributed by atoms with E-state index in [-0.39, 0.29) is 11.8 Å². The zero-order chi connectivity index (χ0) is 18.7. The minimum Gasteiger partial charge on any atom is -0.481 e.